The quantitative estimate of drug-likeness (QED) is 0.446. The number of unbranched alkanes of at least 4 members (excludes halogenated alkanes) is 5. The van der Waals surface area contributed by atoms with Gasteiger partial charge in [-0.05, 0) is 12.8 Å². The van der Waals surface area contributed by atoms with Gasteiger partial charge in [0.25, 0.3) is 0 Å². The Hall–Kier alpha value is 0.150. The summed E-state index contributed by atoms with van der Waals surface area (Å²) < 4.78 is 11.3. The van der Waals surface area contributed by atoms with E-state index in [1.807, 2.05) is 12.5 Å². The topological polar surface area (TPSA) is 17.1 Å². The predicted molar refractivity (Wildman–Crippen MR) is 58.1 cm³/mol. The maximum absolute atomic E-state index is 11.3. The summed E-state index contributed by atoms with van der Waals surface area (Å²) >= 11 is 0. The third-order valence-corrected chi connectivity index (χ3v) is 3.26. The van der Waals surface area contributed by atoms with Crippen LogP contribution in [0.15, 0.2) is 0 Å². The van der Waals surface area contributed by atoms with Gasteiger partial charge in [0.1, 0.15) is 18.3 Å². The molecule has 0 saturated heterocycles. The number of hydrogen-bond donors (Lipinski definition) is 0. The monoisotopic (exact) mass is 191 g/mol. The van der Waals surface area contributed by atoms with Gasteiger partial charge in [0.05, 0.1) is 9.93 Å². The van der Waals surface area contributed by atoms with Crippen LogP contribution in [0.3, 0.4) is 0 Å². The smallest absolute Gasteiger partial charge is 0.106 e. The molecule has 0 unspecified atom stereocenters. The third-order valence-electron chi connectivity index (χ3n) is 1.99. The molecule has 0 N–H and O–H groups in total. The zero-order valence-corrected chi connectivity index (χ0v) is 9.58. The van der Waals surface area contributed by atoms with E-state index in [0.29, 0.717) is 0 Å². The van der Waals surface area contributed by atoms with E-state index in [2.05, 4.69) is 6.92 Å². The largest absolute Gasteiger partial charge is 0.111 e. The molecule has 0 aromatic carbocycles. The van der Waals surface area contributed by atoms with Crippen LogP contribution in [0.5, 0.6) is 0 Å². The molecule has 0 spiro atoms. The Morgan fingerprint density at radius 1 is 0.917 bits per heavy atom. The van der Waals surface area contributed by atoms with E-state index in [-0.39, 0.29) is 0 Å². The highest BCUT2D eigenvalue weighted by Crippen LogP contribution is 2.07. The lowest BCUT2D eigenvalue weighted by molar-refractivity contribution is 0.584. The molecular weight excluding hydrogens is 168 g/mol. The van der Waals surface area contributed by atoms with Gasteiger partial charge in [-0.1, -0.05) is 32.6 Å². The SMILES string of the molecule is CCCCCCCC[S+](C)(C)=O. The normalized spacial score (nSPS) is 11.9. The van der Waals surface area contributed by atoms with Crippen LogP contribution < -0.4 is 0 Å². The van der Waals surface area contributed by atoms with E-state index in [9.17, 15) is 4.21 Å². The first-order valence-electron chi connectivity index (χ1n) is 4.98. The minimum atomic E-state index is -1.47. The Balaban J connectivity index is 3.06. The molecule has 0 bridgehead atoms. The fraction of sp³-hybridized carbons (Fsp3) is 1.00. The number of hydrogen-bond acceptors (Lipinski definition) is 1. The van der Waals surface area contributed by atoms with Crippen molar-refractivity contribution in [3.63, 3.8) is 0 Å². The predicted octanol–water partition coefficient (Wildman–Crippen LogP) is 3.11. The van der Waals surface area contributed by atoms with Gasteiger partial charge in [-0.15, -0.1) is 4.21 Å². The second-order valence-corrected chi connectivity index (χ2v) is 7.19. The Morgan fingerprint density at radius 2 is 1.42 bits per heavy atom. The van der Waals surface area contributed by atoms with Crippen molar-refractivity contribution in [2.45, 2.75) is 45.4 Å². The van der Waals surface area contributed by atoms with E-state index < -0.39 is 9.93 Å². The van der Waals surface area contributed by atoms with Crippen molar-refractivity contribution in [1.82, 2.24) is 0 Å². The molecule has 0 amide bonds. The van der Waals surface area contributed by atoms with Gasteiger partial charge in [-0.25, -0.2) is 0 Å². The summed E-state index contributed by atoms with van der Waals surface area (Å²) in [6.07, 6.45) is 11.5. The van der Waals surface area contributed by atoms with Gasteiger partial charge in [0.2, 0.25) is 0 Å². The van der Waals surface area contributed by atoms with Crippen molar-refractivity contribution in [2.24, 2.45) is 0 Å². The molecule has 0 aromatic rings. The maximum atomic E-state index is 11.3. The Morgan fingerprint density at radius 3 is 1.92 bits per heavy atom. The van der Waals surface area contributed by atoms with Crippen molar-refractivity contribution < 1.29 is 4.21 Å². The van der Waals surface area contributed by atoms with Crippen molar-refractivity contribution in [3.8, 4) is 0 Å². The van der Waals surface area contributed by atoms with Crippen molar-refractivity contribution >= 4 is 9.93 Å². The first kappa shape index (κ1) is 12.2. The van der Waals surface area contributed by atoms with Gasteiger partial charge in [0.15, 0.2) is 0 Å². The summed E-state index contributed by atoms with van der Waals surface area (Å²) in [6.45, 7) is 2.23. The summed E-state index contributed by atoms with van der Waals surface area (Å²) in [5.41, 5.74) is 0. The highest BCUT2D eigenvalue weighted by molar-refractivity contribution is 8.01. The van der Waals surface area contributed by atoms with Crippen LogP contribution >= 0.6 is 0 Å². The van der Waals surface area contributed by atoms with Crippen LogP contribution in [0.1, 0.15) is 45.4 Å². The first-order valence-corrected chi connectivity index (χ1v) is 7.52. The molecule has 0 rings (SSSR count). The van der Waals surface area contributed by atoms with E-state index >= 15 is 0 Å². The first-order chi connectivity index (χ1) is 5.56. The summed E-state index contributed by atoms with van der Waals surface area (Å²) in [5, 5.41) is 0. The van der Waals surface area contributed by atoms with E-state index in [1.165, 1.54) is 32.1 Å². The summed E-state index contributed by atoms with van der Waals surface area (Å²) in [6, 6.07) is 0. The average molecular weight is 191 g/mol. The average Bonchev–Trinajstić information content (AvgIpc) is 1.94. The second kappa shape index (κ2) is 6.64. The van der Waals surface area contributed by atoms with Gasteiger partial charge in [-0.3, -0.25) is 0 Å². The van der Waals surface area contributed by atoms with Crippen molar-refractivity contribution in [2.75, 3.05) is 18.3 Å². The summed E-state index contributed by atoms with van der Waals surface area (Å²) in [7, 11) is -1.47. The standard InChI is InChI=1S/C10H23OS/c1-4-5-6-7-8-9-10-12(2,3)11/h4-10H2,1-3H3/q+1. The molecule has 1 nitrogen and oxygen atoms in total. The molecule has 0 fully saturated rings. The zero-order valence-electron chi connectivity index (χ0n) is 8.77. The third kappa shape index (κ3) is 10.2. The molecule has 0 heterocycles. The molecule has 12 heavy (non-hydrogen) atoms. The molecule has 0 aliphatic carbocycles. The molecule has 0 saturated carbocycles. The lowest BCUT2D eigenvalue weighted by atomic mass is 10.1. The fourth-order valence-electron chi connectivity index (χ4n) is 1.23. The minimum Gasteiger partial charge on any atom is -0.106 e. The van der Waals surface area contributed by atoms with Crippen LogP contribution in [0.2, 0.25) is 0 Å². The molecule has 0 aliphatic rings. The lowest BCUT2D eigenvalue weighted by Crippen LogP contribution is -2.09. The Labute approximate surface area is 78.4 Å². The van der Waals surface area contributed by atoms with Gasteiger partial charge in [-0.2, -0.15) is 0 Å². The minimum absolute atomic E-state index is 0.916. The second-order valence-electron chi connectivity index (χ2n) is 3.91. The molecule has 2 heteroatoms. The van der Waals surface area contributed by atoms with Crippen molar-refractivity contribution in [3.05, 3.63) is 0 Å². The van der Waals surface area contributed by atoms with Gasteiger partial charge < -0.3 is 0 Å². The molecule has 0 atom stereocenters. The van der Waals surface area contributed by atoms with Gasteiger partial charge >= 0.3 is 0 Å². The lowest BCUT2D eigenvalue weighted by Gasteiger charge is -2.00. The Kier molecular flexibility index (Phi) is 6.73. The van der Waals surface area contributed by atoms with Crippen LogP contribution in [0.25, 0.3) is 0 Å². The zero-order chi connectivity index (χ0) is 9.45. The van der Waals surface area contributed by atoms with E-state index in [1.54, 1.807) is 0 Å². The van der Waals surface area contributed by atoms with Crippen LogP contribution in [0, 0.1) is 0 Å². The Bertz CT molecular complexity index is 137. The summed E-state index contributed by atoms with van der Waals surface area (Å²) in [5.74, 6) is 0.916. The fourth-order valence-corrected chi connectivity index (χ4v) is 2.13. The highest BCUT2D eigenvalue weighted by Gasteiger charge is 2.10. The van der Waals surface area contributed by atoms with Crippen LogP contribution in [-0.4, -0.2) is 18.3 Å². The van der Waals surface area contributed by atoms with E-state index in [4.69, 9.17) is 0 Å². The molecule has 0 aromatic heterocycles. The van der Waals surface area contributed by atoms with Gasteiger partial charge in [0, 0.05) is 0 Å². The maximum Gasteiger partial charge on any atom is 0.111 e. The van der Waals surface area contributed by atoms with Crippen LogP contribution in [0.4, 0.5) is 0 Å². The molecular formula is C10H23OS+. The summed E-state index contributed by atoms with van der Waals surface area (Å²) in [4.78, 5) is 0. The van der Waals surface area contributed by atoms with E-state index in [0.717, 1.165) is 12.2 Å². The van der Waals surface area contributed by atoms with Crippen LogP contribution in [-0.2, 0) is 14.1 Å². The molecule has 0 radical (unpaired) electrons. The number of rotatable bonds is 7. The highest BCUT2D eigenvalue weighted by atomic mass is 32.2. The molecule has 74 valence electrons. The molecule has 0 aliphatic heterocycles. The van der Waals surface area contributed by atoms with Crippen molar-refractivity contribution in [1.29, 1.82) is 0 Å².